The normalized spacial score (nSPS) is 13.6. The zero-order valence-corrected chi connectivity index (χ0v) is 16.0. The fourth-order valence-corrected chi connectivity index (χ4v) is 2.47. The van der Waals surface area contributed by atoms with Crippen molar-refractivity contribution >= 4 is 20.0 Å². The molecule has 0 aliphatic carbocycles. The molecule has 0 saturated carbocycles. The predicted octanol–water partition coefficient (Wildman–Crippen LogP) is 2.95. The van der Waals surface area contributed by atoms with Gasteiger partial charge in [0.25, 0.3) is 0 Å². The van der Waals surface area contributed by atoms with Gasteiger partial charge in [-0.1, -0.05) is 26.1 Å². The summed E-state index contributed by atoms with van der Waals surface area (Å²) in [4.78, 5) is 24.4. The Kier molecular flexibility index (Phi) is 8.93. The summed E-state index contributed by atoms with van der Waals surface area (Å²) in [6.07, 6.45) is 1.92. The van der Waals surface area contributed by atoms with Gasteiger partial charge >= 0.3 is 11.9 Å². The minimum Gasteiger partial charge on any atom is -0.465 e. The van der Waals surface area contributed by atoms with Crippen LogP contribution in [-0.4, -0.2) is 38.8 Å². The van der Waals surface area contributed by atoms with Crippen molar-refractivity contribution in [2.75, 3.05) is 13.2 Å². The van der Waals surface area contributed by atoms with Crippen LogP contribution in [0.5, 0.6) is 0 Å². The van der Waals surface area contributed by atoms with Gasteiger partial charge in [0, 0.05) is 8.07 Å². The van der Waals surface area contributed by atoms with E-state index in [2.05, 4.69) is 19.6 Å². The smallest absolute Gasteiger partial charge is 0.320 e. The first-order chi connectivity index (χ1) is 9.96. The molecule has 5 nitrogen and oxygen atoms in total. The molecule has 0 unspecified atom stereocenters. The summed E-state index contributed by atoms with van der Waals surface area (Å²) in [5.74, 6) is -1.81. The van der Waals surface area contributed by atoms with Crippen molar-refractivity contribution < 1.29 is 19.1 Å². The van der Waals surface area contributed by atoms with E-state index in [1.54, 1.807) is 20.8 Å². The van der Waals surface area contributed by atoms with E-state index in [4.69, 9.17) is 15.2 Å². The molecule has 0 saturated heterocycles. The standard InChI is InChI=1S/C16H33NO4Si/c1-16(2,3)21-15(19)13(9-7-8-10-17)14(18)20-11-12-22(4,5)6/h13H,7-12,17H2,1-6H3/t13-/m1/s1. The third-order valence-electron chi connectivity index (χ3n) is 3.02. The van der Waals surface area contributed by atoms with Crippen LogP contribution in [0.2, 0.25) is 25.7 Å². The van der Waals surface area contributed by atoms with Crippen molar-refractivity contribution in [3.05, 3.63) is 0 Å². The second-order valence-corrected chi connectivity index (χ2v) is 13.5. The van der Waals surface area contributed by atoms with E-state index in [0.717, 1.165) is 12.5 Å². The van der Waals surface area contributed by atoms with E-state index in [1.165, 1.54) is 0 Å². The molecule has 130 valence electrons. The number of rotatable bonds is 9. The number of esters is 2. The zero-order chi connectivity index (χ0) is 17.4. The van der Waals surface area contributed by atoms with Crippen LogP contribution in [0, 0.1) is 5.92 Å². The Morgan fingerprint density at radius 2 is 1.68 bits per heavy atom. The maximum Gasteiger partial charge on any atom is 0.320 e. The van der Waals surface area contributed by atoms with Crippen LogP contribution in [0.1, 0.15) is 40.0 Å². The van der Waals surface area contributed by atoms with Crippen LogP contribution in [0.3, 0.4) is 0 Å². The third kappa shape index (κ3) is 10.8. The van der Waals surface area contributed by atoms with Gasteiger partial charge in [-0.25, -0.2) is 0 Å². The Morgan fingerprint density at radius 1 is 1.09 bits per heavy atom. The molecule has 0 fully saturated rings. The number of carbonyl (C=O) groups is 2. The Bertz CT molecular complexity index is 358. The second kappa shape index (κ2) is 9.30. The van der Waals surface area contributed by atoms with Gasteiger partial charge in [0.1, 0.15) is 5.60 Å². The Hall–Kier alpha value is -0.883. The topological polar surface area (TPSA) is 78.6 Å². The molecule has 0 aliphatic heterocycles. The fraction of sp³-hybridized carbons (Fsp3) is 0.875. The van der Waals surface area contributed by atoms with Gasteiger partial charge in [-0.3, -0.25) is 9.59 Å². The molecule has 0 amide bonds. The summed E-state index contributed by atoms with van der Waals surface area (Å²) in [5, 5.41) is 0. The molecule has 1 atom stereocenters. The van der Waals surface area contributed by atoms with E-state index in [-0.39, 0.29) is 0 Å². The average molecular weight is 332 g/mol. The molecule has 0 aromatic rings. The number of carbonyl (C=O) groups excluding carboxylic acids is 2. The minimum absolute atomic E-state index is 0.380. The summed E-state index contributed by atoms with van der Waals surface area (Å²) in [6, 6.07) is 0.891. The quantitative estimate of drug-likeness (QED) is 0.304. The summed E-state index contributed by atoms with van der Waals surface area (Å²) >= 11 is 0. The molecule has 0 spiro atoms. The SMILES string of the molecule is CC(C)(C)OC(=O)[C@H](CCCCN)C(=O)OCC[Si](C)(C)C. The number of ether oxygens (including phenoxy) is 2. The maximum absolute atomic E-state index is 12.2. The first-order valence-electron chi connectivity index (χ1n) is 8.06. The van der Waals surface area contributed by atoms with Gasteiger partial charge in [0.15, 0.2) is 5.92 Å². The molecule has 0 aromatic carbocycles. The van der Waals surface area contributed by atoms with Gasteiger partial charge in [-0.15, -0.1) is 0 Å². The van der Waals surface area contributed by atoms with Crippen LogP contribution in [0.15, 0.2) is 0 Å². The van der Waals surface area contributed by atoms with Crippen molar-refractivity contribution in [3.8, 4) is 0 Å². The van der Waals surface area contributed by atoms with Crippen molar-refractivity contribution in [2.24, 2.45) is 11.7 Å². The van der Waals surface area contributed by atoms with Crippen molar-refractivity contribution in [1.29, 1.82) is 0 Å². The Balaban J connectivity index is 4.62. The zero-order valence-electron chi connectivity index (χ0n) is 15.0. The number of nitrogens with two attached hydrogens (primary N) is 1. The summed E-state index contributed by atoms with van der Waals surface area (Å²) in [7, 11) is -1.27. The van der Waals surface area contributed by atoms with Crippen molar-refractivity contribution in [2.45, 2.75) is 71.3 Å². The van der Waals surface area contributed by atoms with Gasteiger partial charge < -0.3 is 15.2 Å². The van der Waals surface area contributed by atoms with Crippen LogP contribution < -0.4 is 5.73 Å². The Morgan fingerprint density at radius 3 is 2.14 bits per heavy atom. The van der Waals surface area contributed by atoms with Gasteiger partial charge in [-0.2, -0.15) is 0 Å². The molecular weight excluding hydrogens is 298 g/mol. The van der Waals surface area contributed by atoms with Crippen molar-refractivity contribution in [1.82, 2.24) is 0 Å². The summed E-state index contributed by atoms with van der Waals surface area (Å²) in [6.45, 7) is 12.9. The molecule has 0 rings (SSSR count). The van der Waals surface area contributed by atoms with Gasteiger partial charge in [0.05, 0.1) is 6.61 Å². The van der Waals surface area contributed by atoms with E-state index < -0.39 is 31.5 Å². The maximum atomic E-state index is 12.2. The molecule has 2 N–H and O–H groups in total. The lowest BCUT2D eigenvalue weighted by Gasteiger charge is -2.23. The largest absolute Gasteiger partial charge is 0.465 e. The van der Waals surface area contributed by atoms with E-state index >= 15 is 0 Å². The third-order valence-corrected chi connectivity index (χ3v) is 4.72. The predicted molar refractivity (Wildman–Crippen MR) is 91.4 cm³/mol. The van der Waals surface area contributed by atoms with Crippen LogP contribution >= 0.6 is 0 Å². The summed E-state index contributed by atoms with van der Waals surface area (Å²) < 4.78 is 10.6. The molecule has 22 heavy (non-hydrogen) atoms. The lowest BCUT2D eigenvalue weighted by molar-refractivity contribution is -0.169. The lowest BCUT2D eigenvalue weighted by atomic mass is 10.0. The fourth-order valence-electron chi connectivity index (χ4n) is 1.76. The van der Waals surface area contributed by atoms with Crippen LogP contribution in [0.25, 0.3) is 0 Å². The molecule has 0 aliphatic rings. The molecule has 0 heterocycles. The minimum atomic E-state index is -1.27. The Labute approximate surface area is 135 Å². The second-order valence-electron chi connectivity index (χ2n) is 7.85. The first-order valence-corrected chi connectivity index (χ1v) is 11.8. The van der Waals surface area contributed by atoms with Crippen LogP contribution in [0.4, 0.5) is 0 Å². The monoisotopic (exact) mass is 331 g/mol. The van der Waals surface area contributed by atoms with Crippen molar-refractivity contribution in [3.63, 3.8) is 0 Å². The van der Waals surface area contributed by atoms with E-state index in [9.17, 15) is 9.59 Å². The molecule has 0 bridgehead atoms. The van der Waals surface area contributed by atoms with Gasteiger partial charge in [0.2, 0.25) is 0 Å². The highest BCUT2D eigenvalue weighted by molar-refractivity contribution is 6.76. The highest BCUT2D eigenvalue weighted by atomic mass is 28.3. The molecule has 6 heteroatoms. The molecular formula is C16H33NO4Si. The van der Waals surface area contributed by atoms with Crippen LogP contribution in [-0.2, 0) is 19.1 Å². The number of hydrogen-bond donors (Lipinski definition) is 1. The lowest BCUT2D eigenvalue weighted by Crippen LogP contribution is -2.34. The highest BCUT2D eigenvalue weighted by Crippen LogP contribution is 2.18. The first kappa shape index (κ1) is 21.1. The molecule has 0 aromatic heterocycles. The number of hydrogen-bond acceptors (Lipinski definition) is 5. The highest BCUT2D eigenvalue weighted by Gasteiger charge is 2.32. The van der Waals surface area contributed by atoms with E-state index in [1.807, 2.05) is 0 Å². The van der Waals surface area contributed by atoms with E-state index in [0.29, 0.717) is 26.0 Å². The van der Waals surface area contributed by atoms with Gasteiger partial charge in [-0.05, 0) is 46.2 Å². The molecule has 0 radical (unpaired) electrons. The summed E-state index contributed by atoms with van der Waals surface area (Å²) in [5.41, 5.74) is 4.86. The number of unbranched alkanes of at least 4 members (excludes halogenated alkanes) is 1. The average Bonchev–Trinajstić information content (AvgIpc) is 2.30.